The molecule has 5 atom stereocenters. The molecule has 2 aliphatic carbocycles. The van der Waals surface area contributed by atoms with Gasteiger partial charge in [0, 0.05) is 29.6 Å². The van der Waals surface area contributed by atoms with Crippen molar-refractivity contribution in [3.8, 4) is 0 Å². The molecule has 1 saturated heterocycles. The second kappa shape index (κ2) is 5.10. The Kier molecular flexibility index (Phi) is 3.65. The van der Waals surface area contributed by atoms with Gasteiger partial charge in [-0.15, -0.1) is 11.6 Å². The van der Waals surface area contributed by atoms with Crippen molar-refractivity contribution in [3.05, 3.63) is 12.2 Å². The Morgan fingerprint density at radius 3 is 2.86 bits per heavy atom. The largest absolute Gasteiger partial charge is 0.390 e. The van der Waals surface area contributed by atoms with E-state index in [0.29, 0.717) is 18.7 Å². The lowest BCUT2D eigenvalue weighted by atomic mass is 9.48. The summed E-state index contributed by atoms with van der Waals surface area (Å²) in [4.78, 5) is 24.7. The smallest absolute Gasteiger partial charge is 0.224 e. The SMILES string of the molecule is C[C@@]12CC(=O)[C@]1([C@@H](O)[C@@H]1C=CCCC1)NC(=O)[C@@H]2CCCl. The minimum absolute atomic E-state index is 0.0399. The van der Waals surface area contributed by atoms with E-state index in [0.717, 1.165) is 19.3 Å². The van der Waals surface area contributed by atoms with Crippen molar-refractivity contribution in [1.29, 1.82) is 0 Å². The number of amides is 1. The second-order valence-electron chi connectivity index (χ2n) is 6.81. The van der Waals surface area contributed by atoms with E-state index in [1.54, 1.807) is 0 Å². The van der Waals surface area contributed by atoms with Crippen LogP contribution in [0, 0.1) is 17.3 Å². The van der Waals surface area contributed by atoms with Crippen LogP contribution in [0.2, 0.25) is 0 Å². The first-order chi connectivity index (χ1) is 9.97. The van der Waals surface area contributed by atoms with Crippen LogP contribution in [0.15, 0.2) is 12.2 Å². The molecule has 116 valence electrons. The summed E-state index contributed by atoms with van der Waals surface area (Å²) in [6.07, 6.45) is 6.99. The van der Waals surface area contributed by atoms with E-state index >= 15 is 0 Å². The predicted molar refractivity (Wildman–Crippen MR) is 79.9 cm³/mol. The summed E-state index contributed by atoms with van der Waals surface area (Å²) in [5, 5.41) is 13.7. The number of fused-ring (bicyclic) bond motifs is 1. The fourth-order valence-electron chi connectivity index (χ4n) is 4.56. The van der Waals surface area contributed by atoms with Gasteiger partial charge >= 0.3 is 0 Å². The number of allylic oxidation sites excluding steroid dienone is 1. The van der Waals surface area contributed by atoms with E-state index in [4.69, 9.17) is 11.6 Å². The minimum atomic E-state index is -1.10. The fourth-order valence-corrected chi connectivity index (χ4v) is 4.78. The lowest BCUT2D eigenvalue weighted by Gasteiger charge is -2.56. The molecule has 3 aliphatic rings. The zero-order valence-electron chi connectivity index (χ0n) is 12.3. The van der Waals surface area contributed by atoms with Crippen LogP contribution in [0.25, 0.3) is 0 Å². The molecule has 1 saturated carbocycles. The van der Waals surface area contributed by atoms with Crippen LogP contribution in [-0.4, -0.2) is 34.3 Å². The number of carbonyl (C=O) groups excluding carboxylic acids is 2. The van der Waals surface area contributed by atoms with Gasteiger partial charge < -0.3 is 10.4 Å². The molecule has 0 aromatic heterocycles. The predicted octanol–water partition coefficient (Wildman–Crippen LogP) is 1.80. The first-order valence-electron chi connectivity index (χ1n) is 7.73. The van der Waals surface area contributed by atoms with Gasteiger partial charge in [0.05, 0.1) is 6.10 Å². The molecule has 0 aromatic rings. The molecule has 2 N–H and O–H groups in total. The van der Waals surface area contributed by atoms with E-state index in [-0.39, 0.29) is 23.5 Å². The highest BCUT2D eigenvalue weighted by Gasteiger charge is 2.75. The lowest BCUT2D eigenvalue weighted by molar-refractivity contribution is -0.162. The quantitative estimate of drug-likeness (QED) is 0.614. The molecule has 1 heterocycles. The number of hydrogen-bond donors (Lipinski definition) is 2. The zero-order chi connectivity index (χ0) is 15.3. The fraction of sp³-hybridized carbons (Fsp3) is 0.750. The van der Waals surface area contributed by atoms with Gasteiger partial charge in [0.1, 0.15) is 5.54 Å². The minimum Gasteiger partial charge on any atom is -0.390 e. The Hall–Kier alpha value is -0.870. The number of ketones is 1. The average Bonchev–Trinajstić information content (AvgIpc) is 2.65. The maximum absolute atomic E-state index is 12.4. The van der Waals surface area contributed by atoms with E-state index < -0.39 is 17.1 Å². The highest BCUT2D eigenvalue weighted by molar-refractivity contribution is 6.18. The normalized spacial score (nSPS) is 43.2. The van der Waals surface area contributed by atoms with E-state index in [2.05, 4.69) is 11.4 Å². The molecule has 21 heavy (non-hydrogen) atoms. The van der Waals surface area contributed by atoms with Gasteiger partial charge in [0.15, 0.2) is 5.78 Å². The first kappa shape index (κ1) is 15.0. The van der Waals surface area contributed by atoms with Gasteiger partial charge in [-0.25, -0.2) is 0 Å². The van der Waals surface area contributed by atoms with Crippen LogP contribution in [0.5, 0.6) is 0 Å². The number of aliphatic hydroxyl groups is 1. The Labute approximate surface area is 129 Å². The van der Waals surface area contributed by atoms with Gasteiger partial charge in [-0.05, 0) is 25.7 Å². The number of carbonyl (C=O) groups is 2. The zero-order valence-corrected chi connectivity index (χ0v) is 13.0. The number of aliphatic hydroxyl groups excluding tert-OH is 1. The molecule has 0 bridgehead atoms. The van der Waals surface area contributed by atoms with Gasteiger partial charge in [0.25, 0.3) is 0 Å². The summed E-state index contributed by atoms with van der Waals surface area (Å²) in [5.74, 6) is -0.130. The monoisotopic (exact) mass is 311 g/mol. The van der Waals surface area contributed by atoms with Crippen molar-refractivity contribution in [2.45, 2.75) is 50.7 Å². The number of hydrogen-bond acceptors (Lipinski definition) is 3. The number of halogens is 1. The third kappa shape index (κ3) is 1.85. The Morgan fingerprint density at radius 2 is 2.29 bits per heavy atom. The van der Waals surface area contributed by atoms with Gasteiger partial charge in [0.2, 0.25) is 5.91 Å². The molecule has 0 spiro atoms. The van der Waals surface area contributed by atoms with Crippen LogP contribution in [-0.2, 0) is 9.59 Å². The summed E-state index contributed by atoms with van der Waals surface area (Å²) in [6.45, 7) is 1.94. The average molecular weight is 312 g/mol. The van der Waals surface area contributed by atoms with Crippen LogP contribution in [0.1, 0.15) is 39.0 Å². The molecule has 3 rings (SSSR count). The molecule has 1 aliphatic heterocycles. The molecule has 0 aromatic carbocycles. The van der Waals surface area contributed by atoms with Crippen molar-refractivity contribution >= 4 is 23.3 Å². The van der Waals surface area contributed by atoms with Gasteiger partial charge in [-0.2, -0.15) is 0 Å². The Bertz CT molecular complexity index is 506. The molecular formula is C16H22ClNO3. The van der Waals surface area contributed by atoms with Crippen LogP contribution in [0.3, 0.4) is 0 Å². The molecule has 0 unspecified atom stereocenters. The lowest BCUT2D eigenvalue weighted by Crippen LogP contribution is -2.74. The Morgan fingerprint density at radius 1 is 1.52 bits per heavy atom. The first-order valence-corrected chi connectivity index (χ1v) is 8.27. The van der Waals surface area contributed by atoms with E-state index in [9.17, 15) is 14.7 Å². The number of nitrogens with one attached hydrogen (secondary N) is 1. The summed E-state index contributed by atoms with van der Waals surface area (Å²) in [6, 6.07) is 0. The molecular weight excluding hydrogens is 290 g/mol. The number of Topliss-reactive ketones (excluding diaryl/α,β-unsaturated/α-hetero) is 1. The Balaban J connectivity index is 1.94. The molecule has 4 nitrogen and oxygen atoms in total. The second-order valence-corrected chi connectivity index (χ2v) is 7.19. The summed E-state index contributed by atoms with van der Waals surface area (Å²) in [7, 11) is 0. The van der Waals surface area contributed by atoms with Crippen molar-refractivity contribution in [1.82, 2.24) is 5.32 Å². The maximum atomic E-state index is 12.4. The molecule has 0 radical (unpaired) electrons. The van der Waals surface area contributed by atoms with Crippen molar-refractivity contribution in [3.63, 3.8) is 0 Å². The highest BCUT2D eigenvalue weighted by Crippen LogP contribution is 2.60. The van der Waals surface area contributed by atoms with E-state index in [1.807, 2.05) is 13.0 Å². The summed E-state index contributed by atoms with van der Waals surface area (Å²) in [5.41, 5.74) is -1.62. The molecule has 1 amide bonds. The van der Waals surface area contributed by atoms with Crippen LogP contribution >= 0.6 is 11.6 Å². The molecule has 5 heteroatoms. The standard InChI is InChI=1S/C16H22ClNO3/c1-15-9-12(19)16(15,18-14(21)11(15)7-8-17)13(20)10-5-3-2-4-6-10/h3,5,10-11,13,20H,2,4,6-9H2,1H3,(H,18,21)/t10-,11+,13+,15+,16-/m1/s1. The molecule has 2 fully saturated rings. The number of rotatable bonds is 4. The summed E-state index contributed by atoms with van der Waals surface area (Å²) < 4.78 is 0. The van der Waals surface area contributed by atoms with Crippen molar-refractivity contribution in [2.75, 3.05) is 5.88 Å². The third-order valence-electron chi connectivity index (χ3n) is 5.81. The maximum Gasteiger partial charge on any atom is 0.224 e. The third-order valence-corrected chi connectivity index (χ3v) is 6.03. The highest BCUT2D eigenvalue weighted by atomic mass is 35.5. The summed E-state index contributed by atoms with van der Waals surface area (Å²) >= 11 is 5.82. The van der Waals surface area contributed by atoms with E-state index in [1.165, 1.54) is 0 Å². The van der Waals surface area contributed by atoms with Gasteiger partial charge in [-0.3, -0.25) is 9.59 Å². The van der Waals surface area contributed by atoms with Crippen LogP contribution < -0.4 is 5.32 Å². The van der Waals surface area contributed by atoms with Crippen molar-refractivity contribution < 1.29 is 14.7 Å². The topological polar surface area (TPSA) is 66.4 Å². The van der Waals surface area contributed by atoms with Crippen molar-refractivity contribution in [2.24, 2.45) is 17.3 Å². The van der Waals surface area contributed by atoms with Gasteiger partial charge in [-0.1, -0.05) is 19.1 Å². The van der Waals surface area contributed by atoms with Crippen LogP contribution in [0.4, 0.5) is 0 Å². The number of alkyl halides is 1.